The van der Waals surface area contributed by atoms with Crippen molar-refractivity contribution in [3.8, 4) is 11.5 Å². The Labute approximate surface area is 198 Å². The predicted octanol–water partition coefficient (Wildman–Crippen LogP) is 6.68. The molecule has 0 aliphatic carbocycles. The van der Waals surface area contributed by atoms with Crippen LogP contribution in [0.25, 0.3) is 0 Å². The topological polar surface area (TPSA) is 66.0 Å². The standard InChI is InChI=1S/C24H31BrNO5P/c1-6-30-32(27,31-7-2)14-15-8-9-20-18(10-15)24(3,4)19-13-29-23-17(22(19)26-20)11-16(25)12-21(23)28-5/h8-12,19,22,26H,6-7,13-14H2,1-5H3/t19-,22+/m0/s1. The second-order valence-corrected chi connectivity index (χ2v) is 11.7. The quantitative estimate of drug-likeness (QED) is 0.408. The van der Waals surface area contributed by atoms with Crippen molar-refractivity contribution in [1.29, 1.82) is 0 Å². The highest BCUT2D eigenvalue weighted by Gasteiger charge is 2.47. The number of nitrogens with one attached hydrogen (secondary N) is 1. The third-order valence-corrected chi connectivity index (χ3v) is 8.97. The van der Waals surface area contributed by atoms with Crippen molar-refractivity contribution in [2.45, 2.75) is 45.3 Å². The van der Waals surface area contributed by atoms with Gasteiger partial charge in [-0.3, -0.25) is 4.57 Å². The third-order valence-electron chi connectivity index (χ3n) is 6.46. The van der Waals surface area contributed by atoms with E-state index in [0.717, 1.165) is 32.8 Å². The Morgan fingerprint density at radius 3 is 2.56 bits per heavy atom. The maximum atomic E-state index is 13.1. The summed E-state index contributed by atoms with van der Waals surface area (Å²) in [5.41, 5.74) is 4.13. The van der Waals surface area contributed by atoms with Gasteiger partial charge in [-0.25, -0.2) is 0 Å². The Morgan fingerprint density at radius 2 is 1.91 bits per heavy atom. The molecule has 6 nitrogen and oxygen atoms in total. The third kappa shape index (κ3) is 4.21. The average molecular weight is 524 g/mol. The lowest BCUT2D eigenvalue weighted by molar-refractivity contribution is 0.131. The lowest BCUT2D eigenvalue weighted by Gasteiger charge is -2.48. The van der Waals surface area contributed by atoms with Crippen molar-refractivity contribution in [1.82, 2.24) is 0 Å². The van der Waals surface area contributed by atoms with Gasteiger partial charge in [-0.15, -0.1) is 0 Å². The normalized spacial score (nSPS) is 20.9. The van der Waals surface area contributed by atoms with Crippen LogP contribution in [0.5, 0.6) is 11.5 Å². The first-order valence-corrected chi connectivity index (χ1v) is 13.5. The number of rotatable bonds is 7. The first-order valence-electron chi connectivity index (χ1n) is 11.0. The van der Waals surface area contributed by atoms with E-state index in [1.54, 1.807) is 7.11 Å². The summed E-state index contributed by atoms with van der Waals surface area (Å²) in [6.45, 7) is 9.46. The zero-order valence-electron chi connectivity index (χ0n) is 19.2. The number of hydrogen-bond acceptors (Lipinski definition) is 6. The van der Waals surface area contributed by atoms with Gasteiger partial charge in [0.05, 0.1) is 39.1 Å². The monoisotopic (exact) mass is 523 g/mol. The smallest absolute Gasteiger partial charge is 0.335 e. The Hall–Kier alpha value is -1.53. The minimum absolute atomic E-state index is 0.0939. The number of methoxy groups -OCH3 is 1. The summed E-state index contributed by atoms with van der Waals surface area (Å²) in [4.78, 5) is 0. The van der Waals surface area contributed by atoms with Crippen molar-refractivity contribution in [3.05, 3.63) is 51.5 Å². The van der Waals surface area contributed by atoms with Gasteiger partial charge < -0.3 is 23.8 Å². The van der Waals surface area contributed by atoms with Crippen LogP contribution < -0.4 is 14.8 Å². The minimum atomic E-state index is -3.17. The summed E-state index contributed by atoms with van der Waals surface area (Å²) >= 11 is 3.61. The molecule has 2 aromatic rings. The van der Waals surface area contributed by atoms with Crippen LogP contribution in [-0.2, 0) is 25.2 Å². The molecule has 8 heteroatoms. The van der Waals surface area contributed by atoms with Gasteiger partial charge in [0.2, 0.25) is 0 Å². The SMILES string of the molecule is CCOP(=O)(Cc1ccc2c(c1)C(C)(C)[C@H]1COc3c(OC)cc(Br)cc3[C@H]1N2)OCC. The van der Waals surface area contributed by atoms with E-state index in [0.29, 0.717) is 19.8 Å². The van der Waals surface area contributed by atoms with Gasteiger partial charge in [0, 0.05) is 27.1 Å². The van der Waals surface area contributed by atoms with Crippen molar-refractivity contribution in [2.24, 2.45) is 5.92 Å². The number of halogens is 1. The van der Waals surface area contributed by atoms with Gasteiger partial charge in [-0.2, -0.15) is 0 Å². The lowest BCUT2D eigenvalue weighted by atomic mass is 9.65. The molecule has 174 valence electrons. The van der Waals surface area contributed by atoms with E-state index in [1.807, 2.05) is 26.0 Å². The largest absolute Gasteiger partial charge is 0.493 e. The fraction of sp³-hybridized carbons (Fsp3) is 0.500. The summed E-state index contributed by atoms with van der Waals surface area (Å²) in [5.74, 6) is 1.74. The highest BCUT2D eigenvalue weighted by Crippen LogP contribution is 2.56. The van der Waals surface area contributed by atoms with Gasteiger partial charge >= 0.3 is 7.60 Å². The second kappa shape index (κ2) is 9.02. The molecule has 1 N–H and O–H groups in total. The van der Waals surface area contributed by atoms with E-state index in [4.69, 9.17) is 18.5 Å². The molecule has 0 spiro atoms. The molecule has 0 radical (unpaired) electrons. The van der Waals surface area contributed by atoms with Gasteiger partial charge in [-0.05, 0) is 43.2 Å². The molecule has 2 atom stereocenters. The molecule has 32 heavy (non-hydrogen) atoms. The Bertz CT molecular complexity index is 1050. The Balaban J connectivity index is 1.72. The molecule has 2 aliphatic heterocycles. The van der Waals surface area contributed by atoms with E-state index in [-0.39, 0.29) is 23.5 Å². The maximum Gasteiger partial charge on any atom is 0.335 e. The van der Waals surface area contributed by atoms with Crippen LogP contribution in [-0.4, -0.2) is 26.9 Å². The van der Waals surface area contributed by atoms with E-state index in [1.165, 1.54) is 5.56 Å². The van der Waals surface area contributed by atoms with Gasteiger partial charge in [0.1, 0.15) is 0 Å². The Kier molecular flexibility index (Phi) is 6.66. The summed E-state index contributed by atoms with van der Waals surface area (Å²) in [7, 11) is -1.51. The molecule has 2 heterocycles. The molecule has 4 rings (SSSR count). The lowest BCUT2D eigenvalue weighted by Crippen LogP contribution is -2.46. The highest BCUT2D eigenvalue weighted by molar-refractivity contribution is 9.10. The molecule has 0 saturated heterocycles. The van der Waals surface area contributed by atoms with E-state index in [2.05, 4.69) is 53.3 Å². The van der Waals surface area contributed by atoms with Crippen molar-refractivity contribution in [3.63, 3.8) is 0 Å². The molecule has 2 aliphatic rings. The molecule has 0 bridgehead atoms. The zero-order valence-corrected chi connectivity index (χ0v) is 21.7. The second-order valence-electron chi connectivity index (χ2n) is 8.77. The predicted molar refractivity (Wildman–Crippen MR) is 130 cm³/mol. The molecule has 0 saturated carbocycles. The van der Waals surface area contributed by atoms with Crippen molar-refractivity contribution >= 4 is 29.2 Å². The van der Waals surface area contributed by atoms with Crippen LogP contribution >= 0.6 is 23.5 Å². The first kappa shape index (κ1) is 23.6. The fourth-order valence-corrected chi connectivity index (χ4v) is 7.02. The summed E-state index contributed by atoms with van der Waals surface area (Å²) in [6.07, 6.45) is 0.260. The number of ether oxygens (including phenoxy) is 2. The first-order chi connectivity index (χ1) is 15.2. The van der Waals surface area contributed by atoms with E-state index < -0.39 is 7.60 Å². The van der Waals surface area contributed by atoms with Crippen LogP contribution in [0, 0.1) is 5.92 Å². The summed E-state index contributed by atoms with van der Waals surface area (Å²) in [5, 5.41) is 3.74. The van der Waals surface area contributed by atoms with Crippen LogP contribution in [0.2, 0.25) is 0 Å². The van der Waals surface area contributed by atoms with Crippen molar-refractivity contribution in [2.75, 3.05) is 32.2 Å². The van der Waals surface area contributed by atoms with Gasteiger partial charge in [0.25, 0.3) is 0 Å². The molecule has 0 amide bonds. The summed E-state index contributed by atoms with van der Waals surface area (Å²) in [6, 6.07) is 10.4. The van der Waals surface area contributed by atoms with Gasteiger partial charge in [0.15, 0.2) is 11.5 Å². The number of benzene rings is 2. The Morgan fingerprint density at radius 1 is 1.19 bits per heavy atom. The average Bonchev–Trinajstić information content (AvgIpc) is 2.74. The fourth-order valence-electron chi connectivity index (χ4n) is 4.88. The van der Waals surface area contributed by atoms with Crippen LogP contribution in [0.3, 0.4) is 0 Å². The zero-order chi connectivity index (χ0) is 23.1. The van der Waals surface area contributed by atoms with Gasteiger partial charge in [-0.1, -0.05) is 41.9 Å². The molecule has 0 unspecified atom stereocenters. The number of anilines is 1. The molecule has 0 aromatic heterocycles. The number of fused-ring (bicyclic) bond motifs is 4. The highest BCUT2D eigenvalue weighted by atomic mass is 79.9. The molecule has 0 fully saturated rings. The van der Waals surface area contributed by atoms with E-state index >= 15 is 0 Å². The molecular weight excluding hydrogens is 493 g/mol. The minimum Gasteiger partial charge on any atom is -0.493 e. The maximum absolute atomic E-state index is 13.1. The molecule has 2 aromatic carbocycles. The van der Waals surface area contributed by atoms with Crippen LogP contribution in [0.1, 0.15) is 50.4 Å². The summed E-state index contributed by atoms with van der Waals surface area (Å²) < 4.78 is 36.8. The molecular formula is C24H31BrNO5P. The van der Waals surface area contributed by atoms with Crippen molar-refractivity contribution < 1.29 is 23.1 Å². The van der Waals surface area contributed by atoms with Crippen LogP contribution in [0.15, 0.2) is 34.8 Å². The van der Waals surface area contributed by atoms with E-state index in [9.17, 15) is 4.57 Å². The number of hydrogen-bond donors (Lipinski definition) is 1. The van der Waals surface area contributed by atoms with Crippen LogP contribution in [0.4, 0.5) is 5.69 Å².